The van der Waals surface area contributed by atoms with Crippen molar-refractivity contribution in [2.75, 3.05) is 18.5 Å². The lowest BCUT2D eigenvalue weighted by atomic mass is 10.1. The molecule has 19 heavy (non-hydrogen) atoms. The van der Waals surface area contributed by atoms with Crippen LogP contribution in [0.15, 0.2) is 24.3 Å². The van der Waals surface area contributed by atoms with Gasteiger partial charge in [0.25, 0.3) is 5.91 Å². The second-order valence-electron chi connectivity index (χ2n) is 4.49. The summed E-state index contributed by atoms with van der Waals surface area (Å²) in [5.41, 5.74) is 0.874. The number of carbonyl (C=O) groups excluding carboxylic acids is 2. The van der Waals surface area contributed by atoms with Crippen molar-refractivity contribution in [3.05, 3.63) is 29.8 Å². The first-order chi connectivity index (χ1) is 9.04. The Morgan fingerprint density at radius 2 is 1.95 bits per heavy atom. The molecule has 0 radical (unpaired) electrons. The molecule has 104 valence electrons. The highest BCUT2D eigenvalue weighted by Gasteiger charge is 2.13. The van der Waals surface area contributed by atoms with Gasteiger partial charge in [0.05, 0.1) is 17.9 Å². The molecule has 2 N–H and O–H groups in total. The average molecular weight is 264 g/mol. The van der Waals surface area contributed by atoms with Gasteiger partial charge >= 0.3 is 6.09 Å². The van der Waals surface area contributed by atoms with E-state index in [0.717, 1.165) is 0 Å². The van der Waals surface area contributed by atoms with E-state index in [4.69, 9.17) is 4.74 Å². The van der Waals surface area contributed by atoms with E-state index >= 15 is 0 Å². The highest BCUT2D eigenvalue weighted by atomic mass is 16.5. The van der Waals surface area contributed by atoms with E-state index < -0.39 is 6.09 Å². The number of hydrogen-bond acceptors (Lipinski definition) is 3. The van der Waals surface area contributed by atoms with Gasteiger partial charge in [0.15, 0.2) is 0 Å². The molecule has 1 aromatic carbocycles. The number of hydrogen-bond donors (Lipinski definition) is 2. The lowest BCUT2D eigenvalue weighted by molar-refractivity contribution is 0.0950. The summed E-state index contributed by atoms with van der Waals surface area (Å²) in [5.74, 6) is 0.162. The number of benzene rings is 1. The average Bonchev–Trinajstić information content (AvgIpc) is 2.36. The second kappa shape index (κ2) is 7.41. The molecule has 0 bridgehead atoms. The summed E-state index contributed by atoms with van der Waals surface area (Å²) >= 11 is 0. The molecule has 0 saturated carbocycles. The zero-order valence-electron chi connectivity index (χ0n) is 11.5. The summed E-state index contributed by atoms with van der Waals surface area (Å²) in [6.07, 6.45) is -0.563. The van der Waals surface area contributed by atoms with Crippen LogP contribution >= 0.6 is 0 Å². The molecule has 0 unspecified atom stereocenters. The van der Waals surface area contributed by atoms with Crippen molar-refractivity contribution in [2.45, 2.75) is 20.8 Å². The van der Waals surface area contributed by atoms with Crippen molar-refractivity contribution in [3.8, 4) is 0 Å². The smallest absolute Gasteiger partial charge is 0.411 e. The number of rotatable bonds is 5. The number of carbonyl (C=O) groups is 2. The van der Waals surface area contributed by atoms with Crippen molar-refractivity contribution in [2.24, 2.45) is 5.92 Å². The first-order valence-electron chi connectivity index (χ1n) is 6.35. The van der Waals surface area contributed by atoms with Crippen LogP contribution in [-0.2, 0) is 4.74 Å². The summed E-state index contributed by atoms with van der Waals surface area (Å²) in [6, 6.07) is 6.83. The third-order valence-electron chi connectivity index (χ3n) is 2.35. The van der Waals surface area contributed by atoms with Crippen LogP contribution in [0.1, 0.15) is 31.1 Å². The van der Waals surface area contributed by atoms with E-state index in [1.165, 1.54) is 0 Å². The van der Waals surface area contributed by atoms with Gasteiger partial charge in [-0.15, -0.1) is 0 Å². The maximum Gasteiger partial charge on any atom is 0.411 e. The molecule has 0 heterocycles. The number of nitrogens with one attached hydrogen (secondary N) is 2. The molecule has 0 saturated heterocycles. The molecule has 5 nitrogen and oxygen atoms in total. The summed E-state index contributed by atoms with van der Waals surface area (Å²) < 4.78 is 4.80. The van der Waals surface area contributed by atoms with Gasteiger partial charge in [0.1, 0.15) is 0 Å². The van der Waals surface area contributed by atoms with Crippen LogP contribution in [0.4, 0.5) is 10.5 Å². The first kappa shape index (κ1) is 15.0. The zero-order chi connectivity index (χ0) is 14.3. The molecule has 0 aliphatic rings. The van der Waals surface area contributed by atoms with E-state index in [9.17, 15) is 9.59 Å². The van der Waals surface area contributed by atoms with Gasteiger partial charge in [-0.05, 0) is 25.0 Å². The van der Waals surface area contributed by atoms with Crippen molar-refractivity contribution in [1.82, 2.24) is 5.32 Å². The number of amides is 2. The Kier molecular flexibility index (Phi) is 5.85. The Hall–Kier alpha value is -2.04. The van der Waals surface area contributed by atoms with Crippen LogP contribution in [0, 0.1) is 5.92 Å². The Balaban J connectivity index is 2.77. The molecule has 0 fully saturated rings. The SMILES string of the molecule is CCOC(=O)Nc1ccccc1C(=O)NCC(C)C. The number of ether oxygens (including phenoxy) is 1. The summed E-state index contributed by atoms with van der Waals surface area (Å²) in [7, 11) is 0. The van der Waals surface area contributed by atoms with Crippen LogP contribution < -0.4 is 10.6 Å². The maximum atomic E-state index is 12.0. The number of para-hydroxylation sites is 1. The predicted octanol–water partition coefficient (Wildman–Crippen LogP) is 2.64. The molecule has 2 amide bonds. The van der Waals surface area contributed by atoms with E-state index in [1.807, 2.05) is 13.8 Å². The zero-order valence-corrected chi connectivity index (χ0v) is 11.5. The third-order valence-corrected chi connectivity index (χ3v) is 2.35. The molecular weight excluding hydrogens is 244 g/mol. The van der Waals surface area contributed by atoms with Gasteiger partial charge in [0, 0.05) is 6.54 Å². The molecule has 0 aromatic heterocycles. The van der Waals surface area contributed by atoms with Crippen molar-refractivity contribution < 1.29 is 14.3 Å². The largest absolute Gasteiger partial charge is 0.450 e. The van der Waals surface area contributed by atoms with Crippen molar-refractivity contribution >= 4 is 17.7 Å². The Bertz CT molecular complexity index is 444. The molecular formula is C14H20N2O3. The molecule has 0 atom stereocenters. The molecule has 0 spiro atoms. The fraction of sp³-hybridized carbons (Fsp3) is 0.429. The van der Waals surface area contributed by atoms with Crippen molar-refractivity contribution in [1.29, 1.82) is 0 Å². The molecule has 5 heteroatoms. The van der Waals surface area contributed by atoms with E-state index in [-0.39, 0.29) is 12.5 Å². The van der Waals surface area contributed by atoms with Crippen LogP contribution in [0.3, 0.4) is 0 Å². The van der Waals surface area contributed by atoms with Gasteiger partial charge in [-0.1, -0.05) is 26.0 Å². The Labute approximate surface area is 113 Å². The van der Waals surface area contributed by atoms with Gasteiger partial charge in [-0.25, -0.2) is 4.79 Å². The minimum Gasteiger partial charge on any atom is -0.450 e. The number of anilines is 1. The lowest BCUT2D eigenvalue weighted by Crippen LogP contribution is -2.28. The van der Waals surface area contributed by atoms with Crippen molar-refractivity contribution in [3.63, 3.8) is 0 Å². The van der Waals surface area contributed by atoms with E-state index in [0.29, 0.717) is 23.7 Å². The standard InChI is InChI=1S/C14H20N2O3/c1-4-19-14(18)16-12-8-6-5-7-11(12)13(17)15-9-10(2)3/h5-8,10H,4,9H2,1-3H3,(H,15,17)(H,16,18). The fourth-order valence-corrected chi connectivity index (χ4v) is 1.46. The van der Waals surface area contributed by atoms with Crippen LogP contribution in [0.5, 0.6) is 0 Å². The lowest BCUT2D eigenvalue weighted by Gasteiger charge is -2.12. The Morgan fingerprint density at radius 1 is 1.26 bits per heavy atom. The maximum absolute atomic E-state index is 12.0. The normalized spacial score (nSPS) is 10.1. The highest BCUT2D eigenvalue weighted by Crippen LogP contribution is 2.15. The topological polar surface area (TPSA) is 67.4 Å². The van der Waals surface area contributed by atoms with E-state index in [2.05, 4.69) is 10.6 Å². The molecule has 0 aliphatic heterocycles. The molecule has 0 aliphatic carbocycles. The van der Waals surface area contributed by atoms with Crippen LogP contribution in [-0.4, -0.2) is 25.2 Å². The van der Waals surface area contributed by atoms with Gasteiger partial charge < -0.3 is 10.1 Å². The highest BCUT2D eigenvalue weighted by molar-refractivity contribution is 6.02. The quantitative estimate of drug-likeness (QED) is 0.859. The summed E-state index contributed by atoms with van der Waals surface area (Å²) in [6.45, 7) is 6.63. The minimum atomic E-state index is -0.563. The van der Waals surface area contributed by atoms with Gasteiger partial charge in [-0.2, -0.15) is 0 Å². The minimum absolute atomic E-state index is 0.207. The van der Waals surface area contributed by atoms with E-state index in [1.54, 1.807) is 31.2 Å². The Morgan fingerprint density at radius 3 is 2.58 bits per heavy atom. The fourth-order valence-electron chi connectivity index (χ4n) is 1.46. The second-order valence-corrected chi connectivity index (χ2v) is 4.49. The van der Waals surface area contributed by atoms with Crippen LogP contribution in [0.2, 0.25) is 0 Å². The predicted molar refractivity (Wildman–Crippen MR) is 74.3 cm³/mol. The van der Waals surface area contributed by atoms with Gasteiger partial charge in [0.2, 0.25) is 0 Å². The first-order valence-corrected chi connectivity index (χ1v) is 6.35. The molecule has 1 rings (SSSR count). The monoisotopic (exact) mass is 264 g/mol. The molecule has 1 aromatic rings. The summed E-state index contributed by atoms with van der Waals surface area (Å²) in [4.78, 5) is 23.4. The van der Waals surface area contributed by atoms with Crippen LogP contribution in [0.25, 0.3) is 0 Å². The third kappa shape index (κ3) is 4.99. The summed E-state index contributed by atoms with van der Waals surface area (Å²) in [5, 5.41) is 5.37. The van der Waals surface area contributed by atoms with Gasteiger partial charge in [-0.3, -0.25) is 10.1 Å².